The second kappa shape index (κ2) is 7.25. The topological polar surface area (TPSA) is 29.9 Å². The van der Waals surface area contributed by atoms with E-state index in [-0.39, 0.29) is 31.1 Å². The number of nitrogens with one attached hydrogen (secondary N) is 1. The van der Waals surface area contributed by atoms with Gasteiger partial charge in [0.15, 0.2) is 0 Å². The standard InChI is InChI=1S/C12H11F4N3.ClH/c13-9-1-2-11(14)8(5-9)6-17-7-10-3-4-19(18-10)12(15)16;/h1-5,12,17H,6-7H2;1H. The largest absolute Gasteiger partial charge is 0.333 e. The monoisotopic (exact) mass is 309 g/mol. The number of nitrogens with zero attached hydrogens (tertiary/aromatic N) is 2. The number of hydrogen-bond acceptors (Lipinski definition) is 2. The van der Waals surface area contributed by atoms with Crippen molar-refractivity contribution in [1.29, 1.82) is 0 Å². The zero-order valence-corrected chi connectivity index (χ0v) is 11.0. The average Bonchev–Trinajstić information content (AvgIpc) is 2.82. The van der Waals surface area contributed by atoms with Crippen LogP contribution in [0, 0.1) is 11.6 Å². The third kappa shape index (κ3) is 4.21. The van der Waals surface area contributed by atoms with E-state index in [4.69, 9.17) is 0 Å². The van der Waals surface area contributed by atoms with Crippen molar-refractivity contribution >= 4 is 12.4 Å². The van der Waals surface area contributed by atoms with Crippen LogP contribution in [0.15, 0.2) is 30.5 Å². The highest BCUT2D eigenvalue weighted by Gasteiger charge is 2.08. The number of benzene rings is 1. The van der Waals surface area contributed by atoms with Crippen molar-refractivity contribution in [1.82, 2.24) is 15.1 Å². The first kappa shape index (κ1) is 16.5. The van der Waals surface area contributed by atoms with E-state index >= 15 is 0 Å². The first-order valence-electron chi connectivity index (χ1n) is 5.53. The van der Waals surface area contributed by atoms with E-state index in [2.05, 4.69) is 10.4 Å². The third-order valence-corrected chi connectivity index (χ3v) is 2.49. The van der Waals surface area contributed by atoms with Crippen molar-refractivity contribution in [2.24, 2.45) is 0 Å². The molecule has 2 aromatic rings. The quantitative estimate of drug-likeness (QED) is 0.859. The van der Waals surface area contributed by atoms with Crippen LogP contribution in [0.25, 0.3) is 0 Å². The Morgan fingerprint density at radius 2 is 1.90 bits per heavy atom. The minimum Gasteiger partial charge on any atom is -0.307 e. The molecule has 1 aromatic heterocycles. The van der Waals surface area contributed by atoms with E-state index in [1.165, 1.54) is 6.07 Å². The second-order valence-corrected chi connectivity index (χ2v) is 3.90. The summed E-state index contributed by atoms with van der Waals surface area (Å²) >= 11 is 0. The van der Waals surface area contributed by atoms with Crippen LogP contribution in [-0.2, 0) is 13.1 Å². The molecule has 0 spiro atoms. The molecule has 0 aliphatic rings. The zero-order valence-electron chi connectivity index (χ0n) is 10.2. The molecule has 2 rings (SSSR count). The molecule has 0 saturated carbocycles. The normalized spacial score (nSPS) is 10.7. The van der Waals surface area contributed by atoms with Crippen molar-refractivity contribution < 1.29 is 17.6 Å². The molecule has 3 nitrogen and oxygen atoms in total. The molecule has 1 heterocycles. The first-order chi connectivity index (χ1) is 9.06. The molecule has 1 aromatic carbocycles. The Kier molecular flexibility index (Phi) is 5.97. The van der Waals surface area contributed by atoms with Crippen LogP contribution in [0.4, 0.5) is 17.6 Å². The maximum Gasteiger partial charge on any atom is 0.333 e. The van der Waals surface area contributed by atoms with E-state index in [0.29, 0.717) is 10.4 Å². The number of aromatic nitrogens is 2. The highest BCUT2D eigenvalue weighted by molar-refractivity contribution is 5.85. The fraction of sp³-hybridized carbons (Fsp3) is 0.250. The molecule has 0 unspecified atom stereocenters. The van der Waals surface area contributed by atoms with Gasteiger partial charge < -0.3 is 5.32 Å². The Balaban J connectivity index is 0.00000200. The molecule has 20 heavy (non-hydrogen) atoms. The summed E-state index contributed by atoms with van der Waals surface area (Å²) in [6.07, 6.45) is 1.16. The third-order valence-electron chi connectivity index (χ3n) is 2.49. The Morgan fingerprint density at radius 3 is 2.55 bits per heavy atom. The number of halogens is 5. The van der Waals surface area contributed by atoms with Crippen molar-refractivity contribution in [2.75, 3.05) is 0 Å². The maximum absolute atomic E-state index is 13.3. The van der Waals surface area contributed by atoms with Gasteiger partial charge in [-0.2, -0.15) is 13.9 Å². The fourth-order valence-electron chi connectivity index (χ4n) is 1.58. The van der Waals surface area contributed by atoms with Crippen molar-refractivity contribution in [3.05, 3.63) is 53.4 Å². The van der Waals surface area contributed by atoms with Crippen LogP contribution in [0.2, 0.25) is 0 Å². The Labute approximate surface area is 119 Å². The number of alkyl halides is 2. The Bertz CT molecular complexity index is 559. The average molecular weight is 310 g/mol. The van der Waals surface area contributed by atoms with Gasteiger partial charge in [0.25, 0.3) is 0 Å². The van der Waals surface area contributed by atoms with Crippen LogP contribution >= 0.6 is 12.4 Å². The van der Waals surface area contributed by atoms with E-state index in [9.17, 15) is 17.6 Å². The summed E-state index contributed by atoms with van der Waals surface area (Å²) in [7, 11) is 0. The van der Waals surface area contributed by atoms with Gasteiger partial charge in [0.2, 0.25) is 0 Å². The molecule has 0 saturated heterocycles. The highest BCUT2D eigenvalue weighted by Crippen LogP contribution is 2.10. The van der Waals surface area contributed by atoms with Gasteiger partial charge in [0, 0.05) is 24.8 Å². The lowest BCUT2D eigenvalue weighted by Gasteiger charge is -2.04. The summed E-state index contributed by atoms with van der Waals surface area (Å²) in [6, 6.07) is 4.59. The minimum atomic E-state index is -2.69. The summed E-state index contributed by atoms with van der Waals surface area (Å²) in [6.45, 7) is -2.41. The first-order valence-corrected chi connectivity index (χ1v) is 5.53. The number of hydrogen-bond donors (Lipinski definition) is 1. The fourth-order valence-corrected chi connectivity index (χ4v) is 1.58. The van der Waals surface area contributed by atoms with Gasteiger partial charge in [0.05, 0.1) is 5.69 Å². The van der Waals surface area contributed by atoms with Crippen molar-refractivity contribution in [3.63, 3.8) is 0 Å². The van der Waals surface area contributed by atoms with Gasteiger partial charge in [-0.3, -0.25) is 0 Å². The van der Waals surface area contributed by atoms with Crippen molar-refractivity contribution in [3.8, 4) is 0 Å². The van der Waals surface area contributed by atoms with E-state index < -0.39 is 18.2 Å². The van der Waals surface area contributed by atoms with Crippen LogP contribution in [-0.4, -0.2) is 9.78 Å². The molecule has 0 aliphatic carbocycles. The summed E-state index contributed by atoms with van der Waals surface area (Å²) in [5.74, 6) is -1.05. The minimum absolute atomic E-state index is 0. The van der Waals surface area contributed by atoms with E-state index in [1.54, 1.807) is 0 Å². The summed E-state index contributed by atoms with van der Waals surface area (Å²) in [5, 5.41) is 6.43. The van der Waals surface area contributed by atoms with Gasteiger partial charge in [-0.1, -0.05) is 0 Å². The molecular formula is C12H12ClF4N3. The molecule has 0 bridgehead atoms. The van der Waals surface area contributed by atoms with Crippen LogP contribution < -0.4 is 5.32 Å². The molecule has 8 heteroatoms. The smallest absolute Gasteiger partial charge is 0.307 e. The lowest BCUT2D eigenvalue weighted by molar-refractivity contribution is 0.0561. The second-order valence-electron chi connectivity index (χ2n) is 3.90. The lowest BCUT2D eigenvalue weighted by Crippen LogP contribution is -2.14. The van der Waals surface area contributed by atoms with Crippen LogP contribution in [0.5, 0.6) is 0 Å². The SMILES string of the molecule is Cl.Fc1ccc(F)c(CNCc2ccn(C(F)F)n2)c1. The molecule has 0 radical (unpaired) electrons. The van der Waals surface area contributed by atoms with Gasteiger partial charge in [-0.05, 0) is 24.3 Å². The molecule has 110 valence electrons. The summed E-state index contributed by atoms with van der Waals surface area (Å²) in [5.41, 5.74) is 0.574. The lowest BCUT2D eigenvalue weighted by atomic mass is 10.2. The summed E-state index contributed by atoms with van der Waals surface area (Å²) in [4.78, 5) is 0. The molecular weight excluding hydrogens is 298 g/mol. The predicted molar refractivity (Wildman–Crippen MR) is 67.6 cm³/mol. The molecule has 1 N–H and O–H groups in total. The summed E-state index contributed by atoms with van der Waals surface area (Å²) < 4.78 is 51.2. The van der Waals surface area contributed by atoms with Crippen LogP contribution in [0.3, 0.4) is 0 Å². The molecule has 0 atom stereocenters. The molecule has 0 amide bonds. The van der Waals surface area contributed by atoms with Gasteiger partial charge in [-0.15, -0.1) is 12.4 Å². The van der Waals surface area contributed by atoms with Gasteiger partial charge in [0.1, 0.15) is 11.6 Å². The maximum atomic E-state index is 13.3. The van der Waals surface area contributed by atoms with Crippen LogP contribution in [0.1, 0.15) is 17.8 Å². The van der Waals surface area contributed by atoms with Crippen molar-refractivity contribution in [2.45, 2.75) is 19.6 Å². The van der Waals surface area contributed by atoms with E-state index in [1.807, 2.05) is 0 Å². The van der Waals surface area contributed by atoms with E-state index in [0.717, 1.165) is 24.4 Å². The van der Waals surface area contributed by atoms with Gasteiger partial charge in [-0.25, -0.2) is 13.5 Å². The van der Waals surface area contributed by atoms with Gasteiger partial charge >= 0.3 is 6.55 Å². The molecule has 0 aliphatic heterocycles. The Morgan fingerprint density at radius 1 is 1.15 bits per heavy atom. The molecule has 0 fully saturated rings. The Hall–Kier alpha value is -1.60. The number of rotatable bonds is 5. The zero-order chi connectivity index (χ0) is 13.8. The predicted octanol–water partition coefficient (Wildman–Crippen LogP) is 3.27. The highest BCUT2D eigenvalue weighted by atomic mass is 35.5.